The van der Waals surface area contributed by atoms with Crippen LogP contribution in [0.4, 0.5) is 5.69 Å². The van der Waals surface area contributed by atoms with E-state index >= 15 is 0 Å². The summed E-state index contributed by atoms with van der Waals surface area (Å²) in [5, 5.41) is 12.9. The highest BCUT2D eigenvalue weighted by Gasteiger charge is 2.21. The zero-order valence-electron chi connectivity index (χ0n) is 27.1. The first-order valence-electron chi connectivity index (χ1n) is 14.9. The summed E-state index contributed by atoms with van der Waals surface area (Å²) in [6.07, 6.45) is -0.887. The second kappa shape index (κ2) is 11.1. The molecule has 0 aromatic heterocycles. The number of aryl methyl sites for hydroxylation is 2. The van der Waals surface area contributed by atoms with Crippen LogP contribution in [0.15, 0.2) is 42.4 Å². The summed E-state index contributed by atoms with van der Waals surface area (Å²) in [7, 11) is -2.64. The van der Waals surface area contributed by atoms with Gasteiger partial charge >= 0.3 is 0 Å². The number of benzene rings is 2. The summed E-state index contributed by atoms with van der Waals surface area (Å²) < 4.78 is 86.6. The molecule has 168 valence electrons. The summed E-state index contributed by atoms with van der Waals surface area (Å²) in [4.78, 5) is 16.6. The molecule has 1 fully saturated rings. The summed E-state index contributed by atoms with van der Waals surface area (Å²) in [6, 6.07) is 8.05. The van der Waals surface area contributed by atoms with E-state index in [0.717, 1.165) is 12.1 Å². The van der Waals surface area contributed by atoms with Gasteiger partial charge in [0.25, 0.3) is 0 Å². The van der Waals surface area contributed by atoms with Crippen LogP contribution in [-0.4, -0.2) is 79.8 Å². The lowest BCUT2D eigenvalue weighted by molar-refractivity contribution is -0.117. The van der Waals surface area contributed by atoms with Gasteiger partial charge in [0, 0.05) is 46.6 Å². The molecule has 1 heterocycles. The van der Waals surface area contributed by atoms with Gasteiger partial charge in [-0.3, -0.25) is 14.6 Å². The predicted octanol–water partition coefficient (Wildman–Crippen LogP) is 2.31. The Balaban J connectivity index is 1.52. The van der Waals surface area contributed by atoms with Gasteiger partial charge in [-0.15, -0.1) is 0 Å². The molecule has 7 heteroatoms. The molecule has 2 aromatic rings. The molecular formula is C24H33N3O4. The monoisotopic (exact) mass is 437 g/mol. The number of aliphatic hydroxyl groups excluding tert-OH is 1. The van der Waals surface area contributed by atoms with Crippen LogP contribution in [0.5, 0.6) is 11.5 Å². The van der Waals surface area contributed by atoms with Crippen molar-refractivity contribution in [2.45, 2.75) is 19.8 Å². The maximum Gasteiger partial charge on any atom is 0.238 e. The van der Waals surface area contributed by atoms with E-state index < -0.39 is 43.9 Å². The number of ether oxygens (including phenoxy) is 2. The van der Waals surface area contributed by atoms with Crippen molar-refractivity contribution in [3.63, 3.8) is 0 Å². The topological polar surface area (TPSA) is 74.3 Å². The van der Waals surface area contributed by atoms with Gasteiger partial charge < -0.3 is 19.9 Å². The number of para-hydroxylation sites is 3. The number of hydrogen-bond acceptors (Lipinski definition) is 6. The zero-order chi connectivity index (χ0) is 30.6. The van der Waals surface area contributed by atoms with Crippen molar-refractivity contribution in [3.05, 3.63) is 53.6 Å². The maximum atomic E-state index is 12.8. The Morgan fingerprint density at radius 1 is 1.13 bits per heavy atom. The normalized spacial score (nSPS) is 22.0. The molecule has 2 N–H and O–H groups in total. The third-order valence-electron chi connectivity index (χ3n) is 4.95. The first-order valence-corrected chi connectivity index (χ1v) is 9.91. The van der Waals surface area contributed by atoms with Gasteiger partial charge in [-0.05, 0) is 37.0 Å². The number of β-amino-alcohol motifs (C(OH)–C–C–N with tert-alkyl or cyclic N) is 1. The second-order valence-electron chi connectivity index (χ2n) is 7.30. The smallest absolute Gasteiger partial charge is 0.238 e. The van der Waals surface area contributed by atoms with E-state index in [2.05, 4.69) is 5.32 Å². The lowest BCUT2D eigenvalue weighted by Crippen LogP contribution is -2.50. The van der Waals surface area contributed by atoms with Crippen molar-refractivity contribution in [1.29, 1.82) is 0 Å². The Labute approximate surface area is 198 Å². The predicted molar refractivity (Wildman–Crippen MR) is 122 cm³/mol. The minimum atomic E-state index is -2.74. The summed E-state index contributed by atoms with van der Waals surface area (Å²) >= 11 is 0. The number of rotatable bonds is 9. The van der Waals surface area contributed by atoms with Crippen LogP contribution in [0.25, 0.3) is 0 Å². The Hall–Kier alpha value is -2.61. The molecule has 0 bridgehead atoms. The van der Waals surface area contributed by atoms with Gasteiger partial charge in [0.15, 0.2) is 11.5 Å². The summed E-state index contributed by atoms with van der Waals surface area (Å²) in [5.41, 5.74) is -1.13. The van der Waals surface area contributed by atoms with Crippen molar-refractivity contribution in [2.75, 3.05) is 58.2 Å². The van der Waals surface area contributed by atoms with Crippen LogP contribution in [-0.2, 0) is 4.79 Å². The second-order valence-corrected chi connectivity index (χ2v) is 7.30. The molecule has 1 amide bonds. The molecule has 0 spiro atoms. The highest BCUT2D eigenvalue weighted by Crippen LogP contribution is 2.25. The Bertz CT molecular complexity index is 1160. The van der Waals surface area contributed by atoms with Gasteiger partial charge in [-0.1, -0.05) is 30.3 Å². The molecule has 0 saturated carbocycles. The minimum Gasteiger partial charge on any atom is -0.493 e. The summed E-state index contributed by atoms with van der Waals surface area (Å²) in [5.74, 6) is -0.350. The molecule has 7 nitrogen and oxygen atoms in total. The molecule has 1 aliphatic rings. The number of carbonyl (C=O) groups is 1. The molecule has 2 aromatic carbocycles. The maximum absolute atomic E-state index is 12.8. The van der Waals surface area contributed by atoms with Crippen molar-refractivity contribution in [2.24, 2.45) is 0 Å². The van der Waals surface area contributed by atoms with E-state index in [1.807, 2.05) is 9.80 Å². The van der Waals surface area contributed by atoms with Gasteiger partial charge in [0.2, 0.25) is 5.91 Å². The van der Waals surface area contributed by atoms with Crippen molar-refractivity contribution in [3.8, 4) is 11.5 Å². The number of carbonyl (C=O) groups excluding carboxylic acids is 1. The molecule has 1 atom stereocenters. The van der Waals surface area contributed by atoms with Gasteiger partial charge in [0.05, 0.1) is 19.1 Å². The van der Waals surface area contributed by atoms with E-state index in [9.17, 15) is 9.90 Å². The highest BCUT2D eigenvalue weighted by molar-refractivity contribution is 5.93. The molecule has 31 heavy (non-hydrogen) atoms. The largest absolute Gasteiger partial charge is 0.493 e. The first-order chi connectivity index (χ1) is 18.9. The SMILES string of the molecule is [2H]c1cc(C([2H])([2H])[2H])c(NC(=O)CN2CCN(CC(O)COc3ccccc3OC([2H])([2H])[2H])CC2)c(C([2H])([2H])[2H])c1. The van der Waals surface area contributed by atoms with Gasteiger partial charge in [0.1, 0.15) is 12.7 Å². The molecular weight excluding hydrogens is 394 g/mol. The Morgan fingerprint density at radius 2 is 1.81 bits per heavy atom. The third-order valence-corrected chi connectivity index (χ3v) is 4.95. The minimum absolute atomic E-state index is 0.0409. The average molecular weight is 438 g/mol. The fourth-order valence-electron chi connectivity index (χ4n) is 3.33. The molecule has 0 radical (unpaired) electrons. The lowest BCUT2D eigenvalue weighted by Gasteiger charge is -2.35. The quantitative estimate of drug-likeness (QED) is 0.627. The van der Waals surface area contributed by atoms with E-state index in [1.165, 1.54) is 6.07 Å². The molecule has 1 unspecified atom stereocenters. The standard InChI is InChI=1S/C24H33N3O4/c1-18-7-6-8-19(2)24(18)25-23(29)16-27-13-11-26(12-14-27)15-20(28)17-31-22-10-5-4-9-21(22)30-3/h4-10,20,28H,11-17H2,1-3H3,(H,25,29)/i1D3,2D3,3D3,6D. The number of anilines is 1. The van der Waals surface area contributed by atoms with Crippen LogP contribution in [0.3, 0.4) is 0 Å². The Morgan fingerprint density at radius 3 is 2.48 bits per heavy atom. The highest BCUT2D eigenvalue weighted by atomic mass is 16.5. The van der Waals surface area contributed by atoms with E-state index in [0.29, 0.717) is 26.2 Å². The first kappa shape index (κ1) is 13.1. The van der Waals surface area contributed by atoms with Crippen LogP contribution in [0.1, 0.15) is 24.8 Å². The van der Waals surface area contributed by atoms with Crippen molar-refractivity contribution >= 4 is 11.6 Å². The number of aliphatic hydroxyl groups is 1. The lowest BCUT2D eigenvalue weighted by atomic mass is 10.1. The zero-order valence-corrected chi connectivity index (χ0v) is 17.1. The number of methoxy groups -OCH3 is 1. The fourth-order valence-corrected chi connectivity index (χ4v) is 3.33. The molecule has 1 saturated heterocycles. The fraction of sp³-hybridized carbons (Fsp3) is 0.458. The van der Waals surface area contributed by atoms with Crippen LogP contribution < -0.4 is 14.8 Å². The van der Waals surface area contributed by atoms with Crippen LogP contribution in [0.2, 0.25) is 0 Å². The number of amides is 1. The number of nitrogens with one attached hydrogen (secondary N) is 1. The molecule has 1 aliphatic heterocycles. The third kappa shape index (κ3) is 6.69. The Kier molecular flexibility index (Phi) is 4.69. The van der Waals surface area contributed by atoms with E-state index in [1.54, 1.807) is 18.2 Å². The van der Waals surface area contributed by atoms with Gasteiger partial charge in [-0.2, -0.15) is 0 Å². The van der Waals surface area contributed by atoms with Crippen molar-refractivity contribution in [1.82, 2.24) is 9.80 Å². The van der Waals surface area contributed by atoms with Gasteiger partial charge in [-0.25, -0.2) is 0 Å². The molecule has 0 aliphatic carbocycles. The number of hydrogen-bond donors (Lipinski definition) is 2. The molecule has 3 rings (SSSR count). The van der Waals surface area contributed by atoms with Crippen molar-refractivity contribution < 1.29 is 33.1 Å². The summed E-state index contributed by atoms with van der Waals surface area (Å²) in [6.45, 7) is -3.47. The van der Waals surface area contributed by atoms with Crippen LogP contribution >= 0.6 is 0 Å². The van der Waals surface area contributed by atoms with Crippen LogP contribution in [0, 0.1) is 13.7 Å². The number of nitrogens with zero attached hydrogens (tertiary/aromatic N) is 2. The number of piperazine rings is 1. The van der Waals surface area contributed by atoms with E-state index in [-0.39, 0.29) is 42.9 Å². The van der Waals surface area contributed by atoms with E-state index in [4.69, 9.17) is 23.2 Å². The average Bonchev–Trinajstić information content (AvgIpc) is 2.83.